The minimum absolute atomic E-state index is 0.345. The summed E-state index contributed by atoms with van der Waals surface area (Å²) in [5.41, 5.74) is 0.985. The zero-order valence-electron chi connectivity index (χ0n) is 10.7. The molecule has 0 fully saturated rings. The Morgan fingerprint density at radius 2 is 2.16 bits per heavy atom. The molecule has 19 heavy (non-hydrogen) atoms. The molecule has 1 heterocycles. The van der Waals surface area contributed by atoms with Crippen LogP contribution in [0.25, 0.3) is 5.69 Å². The Hall–Kier alpha value is -1.99. The molecule has 1 N–H and O–H groups in total. The van der Waals surface area contributed by atoms with Gasteiger partial charge in [-0.05, 0) is 18.2 Å². The van der Waals surface area contributed by atoms with Crippen molar-refractivity contribution in [3.05, 3.63) is 36.7 Å². The summed E-state index contributed by atoms with van der Waals surface area (Å²) in [6.45, 7) is 0.426. The lowest BCUT2D eigenvalue weighted by Gasteiger charge is -2.15. The molecule has 2 rings (SSSR count). The number of hydrogen-bond acceptors (Lipinski definition) is 5. The number of anilines is 1. The summed E-state index contributed by atoms with van der Waals surface area (Å²) in [6.07, 6.45) is 2.42. The first-order valence-electron chi connectivity index (χ1n) is 5.68. The van der Waals surface area contributed by atoms with Crippen LogP contribution in [-0.4, -0.2) is 41.8 Å². The maximum absolute atomic E-state index is 13.9. The zero-order valence-corrected chi connectivity index (χ0v) is 10.7. The Bertz CT molecular complexity index is 514. The van der Waals surface area contributed by atoms with Gasteiger partial charge in [0, 0.05) is 19.9 Å². The van der Waals surface area contributed by atoms with E-state index in [0.29, 0.717) is 17.9 Å². The van der Waals surface area contributed by atoms with Crippen LogP contribution < -0.4 is 5.32 Å². The highest BCUT2D eigenvalue weighted by Crippen LogP contribution is 2.17. The molecule has 1 aromatic heterocycles. The molecule has 2 aromatic rings. The molecule has 0 radical (unpaired) electrons. The van der Waals surface area contributed by atoms with Crippen LogP contribution >= 0.6 is 0 Å². The van der Waals surface area contributed by atoms with E-state index in [4.69, 9.17) is 9.47 Å². The number of nitrogens with zero attached hydrogens (tertiary/aromatic N) is 3. The van der Waals surface area contributed by atoms with Crippen LogP contribution in [-0.2, 0) is 9.47 Å². The van der Waals surface area contributed by atoms with Gasteiger partial charge < -0.3 is 14.8 Å². The largest absolute Gasteiger partial charge is 0.380 e. The highest BCUT2D eigenvalue weighted by atomic mass is 19.1. The van der Waals surface area contributed by atoms with Crippen molar-refractivity contribution in [1.29, 1.82) is 0 Å². The number of aromatic nitrogens is 3. The fourth-order valence-electron chi connectivity index (χ4n) is 1.60. The molecule has 0 bridgehead atoms. The molecule has 7 heteroatoms. The van der Waals surface area contributed by atoms with Crippen LogP contribution in [0.2, 0.25) is 0 Å². The first kappa shape index (κ1) is 13.4. The maximum Gasteiger partial charge on any atom is 0.173 e. The molecule has 0 aliphatic rings. The van der Waals surface area contributed by atoms with Gasteiger partial charge in [0.15, 0.2) is 12.1 Å². The number of benzene rings is 1. The summed E-state index contributed by atoms with van der Waals surface area (Å²) in [6, 6.07) is 4.77. The summed E-state index contributed by atoms with van der Waals surface area (Å²) in [5, 5.41) is 6.91. The quantitative estimate of drug-likeness (QED) is 0.802. The monoisotopic (exact) mass is 266 g/mol. The average Bonchev–Trinajstić information content (AvgIpc) is 2.94. The summed E-state index contributed by atoms with van der Waals surface area (Å²) in [5.74, 6) is -0.387. The topological polar surface area (TPSA) is 61.2 Å². The van der Waals surface area contributed by atoms with Crippen molar-refractivity contribution in [3.63, 3.8) is 0 Å². The third-order valence-corrected chi connectivity index (χ3v) is 2.61. The molecule has 0 aliphatic heterocycles. The van der Waals surface area contributed by atoms with Gasteiger partial charge in [-0.3, -0.25) is 0 Å². The first-order chi connectivity index (χ1) is 9.24. The Labute approximate surface area is 110 Å². The lowest BCUT2D eigenvalue weighted by atomic mass is 10.2. The number of rotatable bonds is 6. The van der Waals surface area contributed by atoms with Crippen molar-refractivity contribution in [2.24, 2.45) is 0 Å². The Balaban J connectivity index is 2.07. The predicted octanol–water partition coefficient (Wildman–Crippen LogP) is 1.44. The molecule has 0 atom stereocenters. The maximum atomic E-state index is 13.9. The van der Waals surface area contributed by atoms with Crippen LogP contribution in [0.4, 0.5) is 10.1 Å². The fourth-order valence-corrected chi connectivity index (χ4v) is 1.60. The van der Waals surface area contributed by atoms with E-state index in [1.807, 2.05) is 0 Å². The smallest absolute Gasteiger partial charge is 0.173 e. The summed E-state index contributed by atoms with van der Waals surface area (Å²) in [4.78, 5) is 3.78. The molecule has 0 aliphatic carbocycles. The van der Waals surface area contributed by atoms with Crippen molar-refractivity contribution in [2.45, 2.75) is 6.29 Å². The normalized spacial score (nSPS) is 10.9. The van der Waals surface area contributed by atoms with Crippen molar-refractivity contribution in [3.8, 4) is 5.69 Å². The van der Waals surface area contributed by atoms with Gasteiger partial charge in [0.2, 0.25) is 0 Å². The molecule has 0 amide bonds. The minimum Gasteiger partial charge on any atom is -0.380 e. The first-order valence-corrected chi connectivity index (χ1v) is 5.68. The molecule has 0 saturated carbocycles. The summed E-state index contributed by atoms with van der Waals surface area (Å²) >= 11 is 0. The van der Waals surface area contributed by atoms with Crippen LogP contribution in [0.1, 0.15) is 0 Å². The molecular weight excluding hydrogens is 251 g/mol. The molecule has 6 nitrogen and oxygen atoms in total. The molecule has 102 valence electrons. The number of ether oxygens (including phenoxy) is 2. The zero-order chi connectivity index (χ0) is 13.7. The number of hydrogen-bond donors (Lipinski definition) is 1. The SMILES string of the molecule is COC(CNc1ccc(-n2cncn2)c(F)c1)OC. The van der Waals surface area contributed by atoms with E-state index in [-0.39, 0.29) is 12.1 Å². The van der Waals surface area contributed by atoms with E-state index >= 15 is 0 Å². The van der Waals surface area contributed by atoms with E-state index in [0.717, 1.165) is 0 Å². The Morgan fingerprint density at radius 3 is 2.74 bits per heavy atom. The van der Waals surface area contributed by atoms with Crippen molar-refractivity contribution >= 4 is 5.69 Å². The van der Waals surface area contributed by atoms with Crippen molar-refractivity contribution in [2.75, 3.05) is 26.1 Å². The summed E-state index contributed by atoms with van der Waals surface area (Å²) < 4.78 is 25.3. The van der Waals surface area contributed by atoms with Gasteiger partial charge in [-0.25, -0.2) is 14.1 Å². The molecule has 1 aromatic carbocycles. The van der Waals surface area contributed by atoms with Gasteiger partial charge >= 0.3 is 0 Å². The van der Waals surface area contributed by atoms with E-state index < -0.39 is 0 Å². The van der Waals surface area contributed by atoms with E-state index in [1.54, 1.807) is 26.4 Å². The third kappa shape index (κ3) is 3.27. The van der Waals surface area contributed by atoms with Gasteiger partial charge in [0.05, 0.1) is 6.54 Å². The van der Waals surface area contributed by atoms with Crippen molar-refractivity contribution < 1.29 is 13.9 Å². The molecular formula is C12H15FN4O2. The molecule has 0 unspecified atom stereocenters. The predicted molar refractivity (Wildman–Crippen MR) is 67.6 cm³/mol. The van der Waals surface area contributed by atoms with Gasteiger partial charge in [0.1, 0.15) is 18.3 Å². The van der Waals surface area contributed by atoms with Gasteiger partial charge in [-0.15, -0.1) is 0 Å². The second-order valence-electron chi connectivity index (χ2n) is 3.79. The lowest BCUT2D eigenvalue weighted by molar-refractivity contribution is -0.0914. The Morgan fingerprint density at radius 1 is 1.37 bits per heavy atom. The van der Waals surface area contributed by atoms with Gasteiger partial charge in [0.25, 0.3) is 0 Å². The summed E-state index contributed by atoms with van der Waals surface area (Å²) in [7, 11) is 3.09. The van der Waals surface area contributed by atoms with Gasteiger partial charge in [-0.2, -0.15) is 5.10 Å². The second kappa shape index (κ2) is 6.26. The van der Waals surface area contributed by atoms with E-state index in [1.165, 1.54) is 23.4 Å². The second-order valence-corrected chi connectivity index (χ2v) is 3.79. The number of halogens is 1. The van der Waals surface area contributed by atoms with Crippen LogP contribution in [0.5, 0.6) is 0 Å². The number of methoxy groups -OCH3 is 2. The van der Waals surface area contributed by atoms with Crippen molar-refractivity contribution in [1.82, 2.24) is 14.8 Å². The highest BCUT2D eigenvalue weighted by molar-refractivity contribution is 5.49. The standard InChI is InChI=1S/C12H15FN4O2/c1-18-12(19-2)6-15-9-3-4-11(10(13)5-9)17-8-14-7-16-17/h3-5,7-8,12,15H,6H2,1-2H3. The van der Waals surface area contributed by atoms with E-state index in [2.05, 4.69) is 15.4 Å². The van der Waals surface area contributed by atoms with Crippen LogP contribution in [0.3, 0.4) is 0 Å². The molecule has 0 saturated heterocycles. The van der Waals surface area contributed by atoms with Crippen LogP contribution in [0, 0.1) is 5.82 Å². The minimum atomic E-state index is -0.387. The number of nitrogens with one attached hydrogen (secondary N) is 1. The third-order valence-electron chi connectivity index (χ3n) is 2.61. The fraction of sp³-hybridized carbons (Fsp3) is 0.333. The lowest BCUT2D eigenvalue weighted by Crippen LogP contribution is -2.23. The molecule has 0 spiro atoms. The highest BCUT2D eigenvalue weighted by Gasteiger charge is 2.08. The van der Waals surface area contributed by atoms with Crippen LogP contribution in [0.15, 0.2) is 30.9 Å². The van der Waals surface area contributed by atoms with E-state index in [9.17, 15) is 4.39 Å². The van der Waals surface area contributed by atoms with Gasteiger partial charge in [-0.1, -0.05) is 0 Å². The Kier molecular flexibility index (Phi) is 4.43. The average molecular weight is 266 g/mol.